The van der Waals surface area contributed by atoms with E-state index in [0.717, 1.165) is 30.7 Å². The zero-order valence-corrected chi connectivity index (χ0v) is 12.1. The summed E-state index contributed by atoms with van der Waals surface area (Å²) in [5, 5.41) is 3.68. The molecule has 6 heteroatoms. The molecule has 1 aliphatic carbocycles. The lowest BCUT2D eigenvalue weighted by atomic mass is 10.3. The smallest absolute Gasteiger partial charge is 0.254 e. The molecule has 104 valence electrons. The van der Waals surface area contributed by atoms with E-state index in [1.807, 2.05) is 6.92 Å². The molecule has 0 aromatic carbocycles. The van der Waals surface area contributed by atoms with Gasteiger partial charge in [-0.15, -0.1) is 0 Å². The van der Waals surface area contributed by atoms with Gasteiger partial charge in [-0.1, -0.05) is 11.8 Å². The predicted octanol–water partition coefficient (Wildman–Crippen LogP) is 1.24. The molecule has 1 amide bonds. The Bertz CT molecular complexity index is 523. The van der Waals surface area contributed by atoms with E-state index in [2.05, 4.69) is 10.3 Å². The Balaban J connectivity index is 1.76. The van der Waals surface area contributed by atoms with E-state index in [1.165, 1.54) is 17.8 Å². The van der Waals surface area contributed by atoms with Gasteiger partial charge >= 0.3 is 0 Å². The summed E-state index contributed by atoms with van der Waals surface area (Å²) < 4.78 is 1.54. The van der Waals surface area contributed by atoms with Crippen LogP contribution in [-0.2, 0) is 11.8 Å². The summed E-state index contributed by atoms with van der Waals surface area (Å²) >= 11 is 1.52. The normalized spacial score (nSPS) is 14.4. The van der Waals surface area contributed by atoms with Crippen LogP contribution in [0.2, 0.25) is 0 Å². The zero-order chi connectivity index (χ0) is 13.8. The third-order valence-corrected chi connectivity index (χ3v) is 4.06. The molecule has 0 bridgehead atoms. The van der Waals surface area contributed by atoms with Gasteiger partial charge in [-0.05, 0) is 26.2 Å². The average Bonchev–Trinajstić information content (AvgIpc) is 3.14. The van der Waals surface area contributed by atoms with Crippen molar-refractivity contribution in [2.45, 2.75) is 43.8 Å². The Kier molecular flexibility index (Phi) is 4.63. The van der Waals surface area contributed by atoms with Gasteiger partial charge in [-0.2, -0.15) is 0 Å². The minimum atomic E-state index is -0.0403. The summed E-state index contributed by atoms with van der Waals surface area (Å²) in [4.78, 5) is 27.4. The number of carbonyl (C=O) groups is 1. The van der Waals surface area contributed by atoms with Crippen LogP contribution in [0.3, 0.4) is 0 Å². The Hall–Kier alpha value is -1.30. The second kappa shape index (κ2) is 6.23. The van der Waals surface area contributed by atoms with Crippen LogP contribution in [0.1, 0.15) is 31.4 Å². The van der Waals surface area contributed by atoms with E-state index >= 15 is 0 Å². The van der Waals surface area contributed by atoms with E-state index in [1.54, 1.807) is 11.6 Å². The highest BCUT2D eigenvalue weighted by molar-refractivity contribution is 7.99. The van der Waals surface area contributed by atoms with Gasteiger partial charge in [0.05, 0.1) is 0 Å². The Morgan fingerprint density at radius 2 is 2.32 bits per heavy atom. The van der Waals surface area contributed by atoms with Crippen molar-refractivity contribution in [1.29, 1.82) is 0 Å². The minimum Gasteiger partial charge on any atom is -0.353 e. The Morgan fingerprint density at radius 3 is 3.00 bits per heavy atom. The molecule has 0 saturated heterocycles. The second-order valence-electron chi connectivity index (χ2n) is 4.87. The molecule has 0 spiro atoms. The first-order valence-corrected chi connectivity index (χ1v) is 7.51. The molecule has 1 aromatic rings. The second-order valence-corrected chi connectivity index (χ2v) is 5.93. The lowest BCUT2D eigenvalue weighted by molar-refractivity contribution is -0.121. The van der Waals surface area contributed by atoms with Crippen LogP contribution < -0.4 is 10.9 Å². The van der Waals surface area contributed by atoms with Gasteiger partial charge < -0.3 is 5.32 Å². The number of aromatic nitrogens is 2. The molecule has 1 heterocycles. The molecule has 0 atom stereocenters. The molecule has 19 heavy (non-hydrogen) atoms. The lowest BCUT2D eigenvalue weighted by Gasteiger charge is -2.07. The third-order valence-electron chi connectivity index (χ3n) is 2.94. The van der Waals surface area contributed by atoms with E-state index in [4.69, 9.17) is 0 Å². The molecular formula is C13H19N3O2S. The number of hydrogen-bond acceptors (Lipinski definition) is 4. The number of rotatable bonds is 6. The quantitative estimate of drug-likeness (QED) is 0.484. The van der Waals surface area contributed by atoms with Gasteiger partial charge in [0.1, 0.15) is 0 Å². The lowest BCUT2D eigenvalue weighted by Crippen LogP contribution is -2.25. The fourth-order valence-electron chi connectivity index (χ4n) is 1.68. The first-order chi connectivity index (χ1) is 9.06. The van der Waals surface area contributed by atoms with Gasteiger partial charge in [-0.3, -0.25) is 14.2 Å². The van der Waals surface area contributed by atoms with Crippen LogP contribution in [-0.4, -0.2) is 27.3 Å². The van der Waals surface area contributed by atoms with Gasteiger partial charge in [0.25, 0.3) is 5.56 Å². The largest absolute Gasteiger partial charge is 0.353 e. The number of hydrogen-bond donors (Lipinski definition) is 1. The molecule has 1 aliphatic rings. The highest BCUT2D eigenvalue weighted by Crippen LogP contribution is 2.19. The molecule has 0 radical (unpaired) electrons. The predicted molar refractivity (Wildman–Crippen MR) is 75.3 cm³/mol. The first-order valence-electron chi connectivity index (χ1n) is 6.53. The fraction of sp³-hybridized carbons (Fsp3) is 0.615. The van der Waals surface area contributed by atoms with Crippen molar-refractivity contribution in [2.24, 2.45) is 7.05 Å². The number of nitrogens with one attached hydrogen (secondary N) is 1. The number of aryl methyl sites for hydroxylation is 1. The SMILES string of the molecule is Cc1cc(=O)n(C)c(SCCCC(=O)NC2CC2)n1. The van der Waals surface area contributed by atoms with Gasteiger partial charge in [-0.25, -0.2) is 4.98 Å². The molecule has 1 saturated carbocycles. The van der Waals surface area contributed by atoms with Crippen molar-refractivity contribution in [1.82, 2.24) is 14.9 Å². The van der Waals surface area contributed by atoms with Crippen molar-refractivity contribution >= 4 is 17.7 Å². The molecule has 1 fully saturated rings. The minimum absolute atomic E-state index is 0.0403. The monoisotopic (exact) mass is 281 g/mol. The highest BCUT2D eigenvalue weighted by Gasteiger charge is 2.22. The van der Waals surface area contributed by atoms with Crippen molar-refractivity contribution in [3.8, 4) is 0 Å². The van der Waals surface area contributed by atoms with Crippen molar-refractivity contribution < 1.29 is 4.79 Å². The van der Waals surface area contributed by atoms with Gasteiger partial charge in [0.2, 0.25) is 5.91 Å². The highest BCUT2D eigenvalue weighted by atomic mass is 32.2. The van der Waals surface area contributed by atoms with Crippen LogP contribution in [0.4, 0.5) is 0 Å². The Morgan fingerprint density at radius 1 is 1.58 bits per heavy atom. The fourth-order valence-corrected chi connectivity index (χ4v) is 2.64. The van der Waals surface area contributed by atoms with E-state index in [-0.39, 0.29) is 11.5 Å². The topological polar surface area (TPSA) is 64.0 Å². The standard InChI is InChI=1S/C13H19N3O2S/c1-9-8-12(18)16(2)13(14-9)19-7-3-4-11(17)15-10-5-6-10/h8,10H,3-7H2,1-2H3,(H,15,17). The summed E-state index contributed by atoms with van der Waals surface area (Å²) in [6, 6.07) is 1.95. The molecule has 5 nitrogen and oxygen atoms in total. The molecule has 2 rings (SSSR count). The molecular weight excluding hydrogens is 262 g/mol. The van der Waals surface area contributed by atoms with Crippen LogP contribution in [0.15, 0.2) is 16.0 Å². The van der Waals surface area contributed by atoms with Crippen LogP contribution in [0.5, 0.6) is 0 Å². The average molecular weight is 281 g/mol. The number of nitrogens with zero attached hydrogens (tertiary/aromatic N) is 2. The van der Waals surface area contributed by atoms with E-state index in [9.17, 15) is 9.59 Å². The van der Waals surface area contributed by atoms with Gasteiger partial charge in [0.15, 0.2) is 5.16 Å². The van der Waals surface area contributed by atoms with E-state index < -0.39 is 0 Å². The van der Waals surface area contributed by atoms with Gasteiger partial charge in [0, 0.05) is 37.0 Å². The van der Waals surface area contributed by atoms with Crippen molar-refractivity contribution in [3.05, 3.63) is 22.1 Å². The first kappa shape index (κ1) is 14.1. The Labute approximate surface area is 116 Å². The maximum Gasteiger partial charge on any atom is 0.254 e. The van der Waals surface area contributed by atoms with Crippen molar-refractivity contribution in [3.63, 3.8) is 0 Å². The molecule has 1 aromatic heterocycles. The summed E-state index contributed by atoms with van der Waals surface area (Å²) in [7, 11) is 1.72. The summed E-state index contributed by atoms with van der Waals surface area (Å²) in [5.74, 6) is 0.927. The summed E-state index contributed by atoms with van der Waals surface area (Å²) in [6.45, 7) is 1.81. The maximum atomic E-state index is 11.6. The number of thioether (sulfide) groups is 1. The van der Waals surface area contributed by atoms with Crippen molar-refractivity contribution in [2.75, 3.05) is 5.75 Å². The molecule has 1 N–H and O–H groups in total. The maximum absolute atomic E-state index is 11.6. The zero-order valence-electron chi connectivity index (χ0n) is 11.3. The summed E-state index contributed by atoms with van der Waals surface area (Å²) in [5.41, 5.74) is 0.693. The van der Waals surface area contributed by atoms with Crippen LogP contribution >= 0.6 is 11.8 Å². The van der Waals surface area contributed by atoms with Crippen LogP contribution in [0.25, 0.3) is 0 Å². The number of carbonyl (C=O) groups excluding carboxylic acids is 1. The van der Waals surface area contributed by atoms with Crippen LogP contribution in [0, 0.1) is 6.92 Å². The molecule has 0 unspecified atom stereocenters. The number of amides is 1. The third kappa shape index (κ3) is 4.38. The molecule has 0 aliphatic heterocycles. The van der Waals surface area contributed by atoms with E-state index in [0.29, 0.717) is 17.6 Å². The summed E-state index contributed by atoms with van der Waals surface area (Å²) in [6.07, 6.45) is 3.59.